The minimum absolute atomic E-state index is 0.00273. The summed E-state index contributed by atoms with van der Waals surface area (Å²) in [7, 11) is 0. The van der Waals surface area contributed by atoms with E-state index in [1.165, 1.54) is 0 Å². The van der Waals surface area contributed by atoms with Crippen LogP contribution in [0.1, 0.15) is 18.5 Å². The van der Waals surface area contributed by atoms with Crippen LogP contribution < -0.4 is 9.47 Å². The van der Waals surface area contributed by atoms with Crippen LogP contribution in [0, 0.1) is 6.92 Å². The minimum Gasteiger partial charge on any atom is -0.482 e. The first-order valence-corrected chi connectivity index (χ1v) is 7.98. The van der Waals surface area contributed by atoms with Crippen molar-refractivity contribution in [1.82, 2.24) is 20.1 Å². The van der Waals surface area contributed by atoms with Crippen molar-refractivity contribution in [1.29, 1.82) is 0 Å². The maximum Gasteiger partial charge on any atom is 0.260 e. The van der Waals surface area contributed by atoms with Gasteiger partial charge in [0.05, 0.1) is 18.4 Å². The predicted octanol–water partition coefficient (Wildman–Crippen LogP) is 1.63. The number of likely N-dealkylation sites (tertiary alicyclic amines) is 1. The smallest absolute Gasteiger partial charge is 0.260 e. The highest BCUT2D eigenvalue weighted by atomic mass is 16.5. The molecule has 0 aliphatic carbocycles. The second-order valence-electron chi connectivity index (χ2n) is 5.71. The molecule has 24 heavy (non-hydrogen) atoms. The van der Waals surface area contributed by atoms with Crippen molar-refractivity contribution in [2.24, 2.45) is 0 Å². The SMILES string of the molecule is Cc1ccc(OC2CCCN(C(=O)COc3cccnc3)C2)nn1. The summed E-state index contributed by atoms with van der Waals surface area (Å²) in [5, 5.41) is 7.99. The van der Waals surface area contributed by atoms with E-state index in [1.54, 1.807) is 35.5 Å². The summed E-state index contributed by atoms with van der Waals surface area (Å²) >= 11 is 0. The molecule has 0 N–H and O–H groups in total. The standard InChI is InChI=1S/C17H20N4O3/c1-13-6-7-16(20-19-13)24-15-5-3-9-21(11-15)17(22)12-23-14-4-2-8-18-10-14/h2,4,6-8,10,15H,3,5,9,11-12H2,1H3. The molecule has 0 saturated carbocycles. The van der Waals surface area contributed by atoms with E-state index in [-0.39, 0.29) is 18.6 Å². The van der Waals surface area contributed by atoms with E-state index in [1.807, 2.05) is 13.0 Å². The Labute approximate surface area is 140 Å². The number of amides is 1. The molecule has 2 aromatic rings. The second kappa shape index (κ2) is 7.72. The van der Waals surface area contributed by atoms with E-state index in [9.17, 15) is 4.79 Å². The Kier molecular flexibility index (Phi) is 5.20. The van der Waals surface area contributed by atoms with Gasteiger partial charge in [0.1, 0.15) is 11.9 Å². The summed E-state index contributed by atoms with van der Waals surface area (Å²) in [6, 6.07) is 7.20. The molecule has 3 heterocycles. The summed E-state index contributed by atoms with van der Waals surface area (Å²) in [6.45, 7) is 3.13. The van der Waals surface area contributed by atoms with Gasteiger partial charge in [-0.2, -0.15) is 5.10 Å². The Hall–Kier alpha value is -2.70. The van der Waals surface area contributed by atoms with Crippen LogP contribution in [0.5, 0.6) is 11.6 Å². The highest BCUT2D eigenvalue weighted by molar-refractivity contribution is 5.77. The number of aryl methyl sites for hydroxylation is 1. The average Bonchev–Trinajstić information content (AvgIpc) is 2.63. The van der Waals surface area contributed by atoms with Crippen molar-refractivity contribution in [3.8, 4) is 11.6 Å². The molecule has 1 saturated heterocycles. The van der Waals surface area contributed by atoms with Gasteiger partial charge in [0.2, 0.25) is 5.88 Å². The lowest BCUT2D eigenvalue weighted by atomic mass is 10.1. The van der Waals surface area contributed by atoms with Crippen LogP contribution in [0.3, 0.4) is 0 Å². The third kappa shape index (κ3) is 4.41. The number of carbonyl (C=O) groups excluding carboxylic acids is 1. The molecule has 1 atom stereocenters. The molecule has 0 radical (unpaired) electrons. The number of ether oxygens (including phenoxy) is 2. The van der Waals surface area contributed by atoms with E-state index >= 15 is 0 Å². The van der Waals surface area contributed by atoms with Gasteiger partial charge in [-0.15, -0.1) is 5.10 Å². The van der Waals surface area contributed by atoms with Gasteiger partial charge in [-0.05, 0) is 38.0 Å². The molecule has 1 fully saturated rings. The predicted molar refractivity (Wildman–Crippen MR) is 86.7 cm³/mol. The first-order chi connectivity index (χ1) is 11.7. The maximum absolute atomic E-state index is 12.3. The number of aromatic nitrogens is 3. The highest BCUT2D eigenvalue weighted by Gasteiger charge is 2.25. The van der Waals surface area contributed by atoms with Crippen LogP contribution in [0.25, 0.3) is 0 Å². The van der Waals surface area contributed by atoms with Crippen molar-refractivity contribution in [2.45, 2.75) is 25.9 Å². The third-order valence-electron chi connectivity index (χ3n) is 3.79. The zero-order chi connectivity index (χ0) is 16.8. The molecule has 0 bridgehead atoms. The Morgan fingerprint density at radius 2 is 2.25 bits per heavy atom. The van der Waals surface area contributed by atoms with Gasteiger partial charge >= 0.3 is 0 Å². The normalized spacial score (nSPS) is 17.4. The molecular formula is C17H20N4O3. The lowest BCUT2D eigenvalue weighted by Gasteiger charge is -2.32. The van der Waals surface area contributed by atoms with Crippen molar-refractivity contribution in [3.05, 3.63) is 42.4 Å². The fraction of sp³-hybridized carbons (Fsp3) is 0.412. The van der Waals surface area contributed by atoms with Crippen molar-refractivity contribution in [2.75, 3.05) is 19.7 Å². The molecule has 1 aliphatic rings. The second-order valence-corrected chi connectivity index (χ2v) is 5.71. The van der Waals surface area contributed by atoms with Crippen molar-refractivity contribution < 1.29 is 14.3 Å². The van der Waals surface area contributed by atoms with Crippen molar-refractivity contribution in [3.63, 3.8) is 0 Å². The fourth-order valence-corrected chi connectivity index (χ4v) is 2.55. The van der Waals surface area contributed by atoms with Gasteiger partial charge < -0.3 is 14.4 Å². The van der Waals surface area contributed by atoms with E-state index in [4.69, 9.17) is 9.47 Å². The molecule has 0 spiro atoms. The quantitative estimate of drug-likeness (QED) is 0.830. The van der Waals surface area contributed by atoms with Crippen LogP contribution in [0.2, 0.25) is 0 Å². The molecule has 3 rings (SSSR count). The van der Waals surface area contributed by atoms with Gasteiger partial charge in [-0.25, -0.2) is 0 Å². The number of pyridine rings is 1. The maximum atomic E-state index is 12.3. The van der Waals surface area contributed by atoms with E-state index in [2.05, 4.69) is 15.2 Å². The largest absolute Gasteiger partial charge is 0.482 e. The Morgan fingerprint density at radius 3 is 3.00 bits per heavy atom. The molecule has 7 nitrogen and oxygen atoms in total. The number of hydrogen-bond acceptors (Lipinski definition) is 6. The molecule has 1 aliphatic heterocycles. The number of nitrogens with zero attached hydrogens (tertiary/aromatic N) is 4. The molecule has 126 valence electrons. The van der Waals surface area contributed by atoms with Gasteiger partial charge in [-0.3, -0.25) is 9.78 Å². The summed E-state index contributed by atoms with van der Waals surface area (Å²) in [5.74, 6) is 1.03. The average molecular weight is 328 g/mol. The number of rotatable bonds is 5. The van der Waals surface area contributed by atoms with Crippen LogP contribution in [0.4, 0.5) is 0 Å². The monoisotopic (exact) mass is 328 g/mol. The summed E-state index contributed by atoms with van der Waals surface area (Å²) in [4.78, 5) is 18.0. The molecular weight excluding hydrogens is 308 g/mol. The van der Waals surface area contributed by atoms with Gasteiger partial charge in [0, 0.05) is 18.8 Å². The number of hydrogen-bond donors (Lipinski definition) is 0. The third-order valence-corrected chi connectivity index (χ3v) is 3.79. The zero-order valence-electron chi connectivity index (χ0n) is 13.6. The van der Waals surface area contributed by atoms with Gasteiger partial charge in [0.15, 0.2) is 6.61 Å². The molecule has 0 aromatic carbocycles. The van der Waals surface area contributed by atoms with Crippen molar-refractivity contribution >= 4 is 5.91 Å². The highest BCUT2D eigenvalue weighted by Crippen LogP contribution is 2.17. The summed E-state index contributed by atoms with van der Waals surface area (Å²) in [6.07, 6.45) is 4.96. The van der Waals surface area contributed by atoms with Crippen LogP contribution in [-0.4, -0.2) is 51.8 Å². The van der Waals surface area contributed by atoms with E-state index in [0.29, 0.717) is 24.7 Å². The van der Waals surface area contributed by atoms with Gasteiger partial charge in [0.25, 0.3) is 5.91 Å². The first kappa shape index (κ1) is 16.2. The number of piperidine rings is 1. The molecule has 1 amide bonds. The first-order valence-electron chi connectivity index (χ1n) is 7.98. The van der Waals surface area contributed by atoms with Gasteiger partial charge in [-0.1, -0.05) is 0 Å². The lowest BCUT2D eigenvalue weighted by molar-refractivity contribution is -0.136. The zero-order valence-corrected chi connectivity index (χ0v) is 13.6. The number of carbonyl (C=O) groups is 1. The summed E-state index contributed by atoms with van der Waals surface area (Å²) < 4.78 is 11.3. The minimum atomic E-state index is -0.0712. The van der Waals surface area contributed by atoms with E-state index < -0.39 is 0 Å². The Morgan fingerprint density at radius 1 is 1.33 bits per heavy atom. The molecule has 2 aromatic heterocycles. The Balaban J connectivity index is 1.51. The summed E-state index contributed by atoms with van der Waals surface area (Å²) in [5.41, 5.74) is 0.843. The molecule has 7 heteroatoms. The molecule has 1 unspecified atom stereocenters. The topological polar surface area (TPSA) is 77.4 Å². The fourth-order valence-electron chi connectivity index (χ4n) is 2.55. The lowest BCUT2D eigenvalue weighted by Crippen LogP contribution is -2.46. The van der Waals surface area contributed by atoms with Crippen LogP contribution in [0.15, 0.2) is 36.7 Å². The Bertz CT molecular complexity index is 663. The van der Waals surface area contributed by atoms with Crippen LogP contribution >= 0.6 is 0 Å². The van der Waals surface area contributed by atoms with E-state index in [0.717, 1.165) is 18.5 Å². The van der Waals surface area contributed by atoms with Crippen LogP contribution in [-0.2, 0) is 4.79 Å².